The van der Waals surface area contributed by atoms with Crippen LogP contribution in [0.1, 0.15) is 28.9 Å². The van der Waals surface area contributed by atoms with Gasteiger partial charge in [0.25, 0.3) is 5.91 Å². The number of carbonyl (C=O) groups excluding carboxylic acids is 1. The number of hydrogen-bond acceptors (Lipinski definition) is 8. The molecule has 0 aliphatic carbocycles. The van der Waals surface area contributed by atoms with Gasteiger partial charge >= 0.3 is 0 Å². The van der Waals surface area contributed by atoms with Gasteiger partial charge in [-0.05, 0) is 36.8 Å². The molecule has 4 aromatic rings. The minimum atomic E-state index is -0.173. The van der Waals surface area contributed by atoms with E-state index in [0.29, 0.717) is 76.7 Å². The highest BCUT2D eigenvalue weighted by Crippen LogP contribution is 2.34. The summed E-state index contributed by atoms with van der Waals surface area (Å²) < 4.78 is 16.8. The SMILES string of the molecule is COc1cc2nc(N3CCN(C(=O)c4ccc(OC(C)c5ccccc5)c(Cl)c4)CC3)nc(N)c2cc1OC. The smallest absolute Gasteiger partial charge is 0.254 e. The zero-order chi connectivity index (χ0) is 27.5. The van der Waals surface area contributed by atoms with Crippen LogP contribution in [0.25, 0.3) is 10.9 Å². The number of amides is 1. The molecule has 1 aliphatic rings. The van der Waals surface area contributed by atoms with E-state index in [0.717, 1.165) is 5.56 Å². The first-order valence-corrected chi connectivity index (χ1v) is 13.0. The Hall–Kier alpha value is -4.24. The van der Waals surface area contributed by atoms with Crippen molar-refractivity contribution in [2.45, 2.75) is 13.0 Å². The number of nitrogens with two attached hydrogens (primary N) is 1. The molecule has 0 bridgehead atoms. The molecule has 9 nitrogen and oxygen atoms in total. The number of aromatic nitrogens is 2. The summed E-state index contributed by atoms with van der Waals surface area (Å²) in [5.74, 6) is 2.44. The van der Waals surface area contributed by atoms with Crippen LogP contribution in [0.5, 0.6) is 17.2 Å². The first-order chi connectivity index (χ1) is 18.9. The lowest BCUT2D eigenvalue weighted by molar-refractivity contribution is 0.0746. The Kier molecular flexibility index (Phi) is 7.60. The van der Waals surface area contributed by atoms with E-state index in [2.05, 4.69) is 4.98 Å². The van der Waals surface area contributed by atoms with Crippen molar-refractivity contribution in [1.29, 1.82) is 0 Å². The molecule has 5 rings (SSSR count). The van der Waals surface area contributed by atoms with Gasteiger partial charge in [0, 0.05) is 43.2 Å². The standard InChI is InChI=1S/C29H30ClN5O4/c1-18(19-7-5-4-6-8-19)39-24-10-9-20(15-22(24)30)28(36)34-11-13-35(14-12-34)29-32-23-17-26(38-3)25(37-2)16-21(23)27(31)33-29/h4-10,15-18H,11-14H2,1-3H3,(H2,31,32,33). The number of carbonyl (C=O) groups is 1. The number of fused-ring (bicyclic) bond motifs is 1. The lowest BCUT2D eigenvalue weighted by Gasteiger charge is -2.35. The van der Waals surface area contributed by atoms with Crippen molar-refractivity contribution in [1.82, 2.24) is 14.9 Å². The Morgan fingerprint density at radius 1 is 0.923 bits per heavy atom. The minimum Gasteiger partial charge on any atom is -0.493 e. The monoisotopic (exact) mass is 547 g/mol. The van der Waals surface area contributed by atoms with Crippen molar-refractivity contribution in [3.63, 3.8) is 0 Å². The third kappa shape index (κ3) is 5.49. The maximum Gasteiger partial charge on any atom is 0.254 e. The molecule has 2 heterocycles. The van der Waals surface area contributed by atoms with Crippen LogP contribution in [-0.4, -0.2) is 61.2 Å². The van der Waals surface area contributed by atoms with Crippen LogP contribution in [0.3, 0.4) is 0 Å². The highest BCUT2D eigenvalue weighted by atomic mass is 35.5. The van der Waals surface area contributed by atoms with Gasteiger partial charge in [0.2, 0.25) is 5.95 Å². The molecule has 1 aliphatic heterocycles. The lowest BCUT2D eigenvalue weighted by atomic mass is 10.1. The summed E-state index contributed by atoms with van der Waals surface area (Å²) in [5, 5.41) is 1.09. The number of rotatable bonds is 7. The maximum atomic E-state index is 13.2. The van der Waals surface area contributed by atoms with Crippen molar-refractivity contribution in [3.05, 3.63) is 76.8 Å². The molecule has 1 atom stereocenters. The number of piperazine rings is 1. The van der Waals surface area contributed by atoms with Crippen LogP contribution >= 0.6 is 11.6 Å². The number of ether oxygens (including phenoxy) is 3. The fraction of sp³-hybridized carbons (Fsp3) is 0.276. The van der Waals surface area contributed by atoms with E-state index in [1.807, 2.05) is 42.2 Å². The molecule has 1 unspecified atom stereocenters. The molecule has 39 heavy (non-hydrogen) atoms. The van der Waals surface area contributed by atoms with Gasteiger partial charge in [0.15, 0.2) is 11.5 Å². The number of nitrogens with zero attached hydrogens (tertiary/aromatic N) is 4. The number of benzene rings is 3. The van der Waals surface area contributed by atoms with Gasteiger partial charge in [0.1, 0.15) is 17.7 Å². The zero-order valence-electron chi connectivity index (χ0n) is 22.1. The van der Waals surface area contributed by atoms with E-state index in [9.17, 15) is 4.79 Å². The number of halogens is 1. The predicted molar refractivity (Wildman–Crippen MR) is 152 cm³/mol. The summed E-state index contributed by atoms with van der Waals surface area (Å²) >= 11 is 6.50. The van der Waals surface area contributed by atoms with Gasteiger partial charge in [-0.1, -0.05) is 41.9 Å². The first kappa shape index (κ1) is 26.4. The van der Waals surface area contributed by atoms with Gasteiger partial charge in [-0.2, -0.15) is 4.98 Å². The molecular weight excluding hydrogens is 518 g/mol. The number of nitrogen functional groups attached to an aromatic ring is 1. The van der Waals surface area contributed by atoms with Gasteiger partial charge in [0.05, 0.1) is 24.8 Å². The number of hydrogen-bond donors (Lipinski definition) is 1. The van der Waals surface area contributed by atoms with Crippen LogP contribution in [0.15, 0.2) is 60.7 Å². The number of anilines is 2. The van der Waals surface area contributed by atoms with Crippen LogP contribution in [0.2, 0.25) is 5.02 Å². The first-order valence-electron chi connectivity index (χ1n) is 12.6. The van der Waals surface area contributed by atoms with Crippen LogP contribution in [-0.2, 0) is 0 Å². The second-order valence-electron chi connectivity index (χ2n) is 9.23. The fourth-order valence-corrected chi connectivity index (χ4v) is 4.84. The molecule has 10 heteroatoms. The molecule has 1 fully saturated rings. The second-order valence-corrected chi connectivity index (χ2v) is 9.64. The molecule has 2 N–H and O–H groups in total. The van der Waals surface area contributed by atoms with Crippen molar-refractivity contribution in [2.24, 2.45) is 0 Å². The van der Waals surface area contributed by atoms with E-state index in [1.165, 1.54) is 0 Å². The Bertz CT molecular complexity index is 1490. The fourth-order valence-electron chi connectivity index (χ4n) is 4.61. The summed E-state index contributed by atoms with van der Waals surface area (Å²) in [6.07, 6.45) is -0.173. The minimum absolute atomic E-state index is 0.0880. The molecule has 1 amide bonds. The Morgan fingerprint density at radius 3 is 2.28 bits per heavy atom. The van der Waals surface area contributed by atoms with E-state index >= 15 is 0 Å². The van der Waals surface area contributed by atoms with Crippen LogP contribution in [0.4, 0.5) is 11.8 Å². The Morgan fingerprint density at radius 2 is 1.62 bits per heavy atom. The average Bonchev–Trinajstić information content (AvgIpc) is 2.97. The van der Waals surface area contributed by atoms with E-state index in [1.54, 1.807) is 49.5 Å². The molecule has 1 saturated heterocycles. The third-order valence-corrected chi connectivity index (χ3v) is 7.12. The third-order valence-electron chi connectivity index (χ3n) is 6.82. The van der Waals surface area contributed by atoms with Gasteiger partial charge in [-0.25, -0.2) is 4.98 Å². The van der Waals surface area contributed by atoms with Gasteiger partial charge < -0.3 is 29.7 Å². The predicted octanol–water partition coefficient (Wildman–Crippen LogP) is 4.99. The average molecular weight is 548 g/mol. The van der Waals surface area contributed by atoms with Crippen molar-refractivity contribution in [2.75, 3.05) is 51.0 Å². The van der Waals surface area contributed by atoms with Gasteiger partial charge in [-0.15, -0.1) is 0 Å². The highest BCUT2D eigenvalue weighted by molar-refractivity contribution is 6.32. The largest absolute Gasteiger partial charge is 0.493 e. The molecule has 202 valence electrons. The van der Waals surface area contributed by atoms with Crippen molar-refractivity contribution < 1.29 is 19.0 Å². The molecule has 1 aromatic heterocycles. The van der Waals surface area contributed by atoms with Crippen LogP contribution < -0.4 is 24.8 Å². The highest BCUT2D eigenvalue weighted by Gasteiger charge is 2.25. The quantitative estimate of drug-likeness (QED) is 0.345. The summed E-state index contributed by atoms with van der Waals surface area (Å²) in [7, 11) is 3.14. The molecule has 0 radical (unpaired) electrons. The van der Waals surface area contributed by atoms with Crippen molar-refractivity contribution >= 4 is 40.2 Å². The van der Waals surface area contributed by atoms with E-state index in [-0.39, 0.29) is 12.0 Å². The molecule has 0 saturated carbocycles. The number of methoxy groups -OCH3 is 2. The maximum absolute atomic E-state index is 13.2. The summed E-state index contributed by atoms with van der Waals surface area (Å²) in [6, 6.07) is 18.6. The summed E-state index contributed by atoms with van der Waals surface area (Å²) in [5.41, 5.74) is 8.48. The summed E-state index contributed by atoms with van der Waals surface area (Å²) in [6.45, 7) is 4.10. The van der Waals surface area contributed by atoms with Crippen molar-refractivity contribution in [3.8, 4) is 17.2 Å². The van der Waals surface area contributed by atoms with E-state index in [4.69, 9.17) is 36.5 Å². The second kappa shape index (κ2) is 11.2. The Balaban J connectivity index is 1.25. The zero-order valence-corrected chi connectivity index (χ0v) is 22.8. The lowest BCUT2D eigenvalue weighted by Crippen LogP contribution is -2.49. The Labute approximate surface area is 232 Å². The normalized spacial score (nSPS) is 14.3. The molecule has 0 spiro atoms. The van der Waals surface area contributed by atoms with Gasteiger partial charge in [-0.3, -0.25) is 4.79 Å². The molecular formula is C29H30ClN5O4. The van der Waals surface area contributed by atoms with E-state index < -0.39 is 0 Å². The topological polar surface area (TPSA) is 103 Å². The van der Waals surface area contributed by atoms with Crippen LogP contribution in [0, 0.1) is 0 Å². The summed E-state index contributed by atoms with van der Waals surface area (Å²) in [4.78, 5) is 26.3. The molecule has 3 aromatic carbocycles.